The van der Waals surface area contributed by atoms with Crippen LogP contribution < -0.4 is 0 Å². The van der Waals surface area contributed by atoms with E-state index in [9.17, 15) is 19.8 Å². The van der Waals surface area contributed by atoms with Gasteiger partial charge in [0.25, 0.3) is 5.91 Å². The molecule has 2 N–H and O–H groups in total. The first-order valence-corrected chi connectivity index (χ1v) is 5.30. The minimum absolute atomic E-state index is 0.0379. The Morgan fingerprint density at radius 1 is 1.17 bits per heavy atom. The van der Waals surface area contributed by atoms with Crippen LogP contribution in [0.1, 0.15) is 10.4 Å². The van der Waals surface area contributed by atoms with E-state index in [0.717, 1.165) is 6.07 Å². The molecule has 98 valence electrons. The van der Waals surface area contributed by atoms with Crippen molar-refractivity contribution in [3.8, 4) is 11.5 Å². The third-order valence-corrected chi connectivity index (χ3v) is 2.43. The SMILES string of the molecule is CN(C)C(=O)CN(C)C(=O)c1cc(O)ccc1O. The fourth-order valence-electron chi connectivity index (χ4n) is 1.32. The highest BCUT2D eigenvalue weighted by Crippen LogP contribution is 2.23. The number of hydrogen-bond acceptors (Lipinski definition) is 4. The number of benzene rings is 1. The van der Waals surface area contributed by atoms with Crippen LogP contribution in [0.15, 0.2) is 18.2 Å². The van der Waals surface area contributed by atoms with Crippen LogP contribution in [0, 0.1) is 0 Å². The number of nitrogens with zero attached hydrogens (tertiary/aromatic N) is 2. The zero-order chi connectivity index (χ0) is 13.9. The minimum atomic E-state index is -0.529. The van der Waals surface area contributed by atoms with Gasteiger partial charge in [-0.2, -0.15) is 0 Å². The average Bonchev–Trinajstić information content (AvgIpc) is 2.31. The lowest BCUT2D eigenvalue weighted by Gasteiger charge is -2.19. The second-order valence-electron chi connectivity index (χ2n) is 4.15. The molecule has 0 bridgehead atoms. The lowest BCUT2D eigenvalue weighted by atomic mass is 10.1. The molecule has 0 unspecified atom stereocenters. The summed E-state index contributed by atoms with van der Waals surface area (Å²) in [6.45, 7) is -0.0963. The van der Waals surface area contributed by atoms with Crippen LogP contribution in [0.25, 0.3) is 0 Å². The van der Waals surface area contributed by atoms with E-state index in [1.54, 1.807) is 14.1 Å². The van der Waals surface area contributed by atoms with Crippen LogP contribution in [0.2, 0.25) is 0 Å². The Kier molecular flexibility index (Phi) is 4.14. The summed E-state index contributed by atoms with van der Waals surface area (Å²) >= 11 is 0. The molecular weight excluding hydrogens is 236 g/mol. The average molecular weight is 252 g/mol. The molecule has 1 rings (SSSR count). The molecule has 6 heteroatoms. The van der Waals surface area contributed by atoms with Gasteiger partial charge in [-0.05, 0) is 18.2 Å². The van der Waals surface area contributed by atoms with Gasteiger partial charge in [0.15, 0.2) is 0 Å². The first kappa shape index (κ1) is 13.8. The molecule has 0 saturated carbocycles. The molecule has 0 aliphatic carbocycles. The van der Waals surface area contributed by atoms with E-state index in [2.05, 4.69) is 0 Å². The van der Waals surface area contributed by atoms with Crippen molar-refractivity contribution < 1.29 is 19.8 Å². The number of carbonyl (C=O) groups excluding carboxylic acids is 2. The summed E-state index contributed by atoms with van der Waals surface area (Å²) in [7, 11) is 4.63. The molecule has 1 aromatic rings. The van der Waals surface area contributed by atoms with E-state index in [0.29, 0.717) is 0 Å². The van der Waals surface area contributed by atoms with Gasteiger partial charge in [0, 0.05) is 21.1 Å². The lowest BCUT2D eigenvalue weighted by Crippen LogP contribution is -2.37. The standard InChI is InChI=1S/C12H16N2O4/c1-13(2)11(17)7-14(3)12(18)9-6-8(15)4-5-10(9)16/h4-6,15-16H,7H2,1-3H3. The van der Waals surface area contributed by atoms with E-state index in [1.807, 2.05) is 0 Å². The van der Waals surface area contributed by atoms with Gasteiger partial charge in [-0.15, -0.1) is 0 Å². The highest BCUT2D eigenvalue weighted by atomic mass is 16.3. The van der Waals surface area contributed by atoms with Crippen molar-refractivity contribution in [2.75, 3.05) is 27.7 Å². The molecule has 0 atom stereocenters. The maximum absolute atomic E-state index is 12.0. The summed E-state index contributed by atoms with van der Waals surface area (Å²) in [4.78, 5) is 26.0. The number of amides is 2. The van der Waals surface area contributed by atoms with Crippen LogP contribution in [-0.2, 0) is 4.79 Å². The first-order chi connectivity index (χ1) is 8.32. The lowest BCUT2D eigenvalue weighted by molar-refractivity contribution is -0.129. The third-order valence-electron chi connectivity index (χ3n) is 2.43. The van der Waals surface area contributed by atoms with E-state index in [1.165, 1.54) is 29.0 Å². The Hall–Kier alpha value is -2.24. The maximum atomic E-state index is 12.0. The molecule has 0 spiro atoms. The Bertz CT molecular complexity index is 471. The van der Waals surface area contributed by atoms with Gasteiger partial charge in [-0.25, -0.2) is 0 Å². The number of hydrogen-bond donors (Lipinski definition) is 2. The van der Waals surface area contributed by atoms with Gasteiger partial charge in [0.05, 0.1) is 12.1 Å². The van der Waals surface area contributed by atoms with Crippen molar-refractivity contribution in [2.24, 2.45) is 0 Å². The Morgan fingerprint density at radius 3 is 2.33 bits per heavy atom. The summed E-state index contributed by atoms with van der Waals surface area (Å²) in [6.07, 6.45) is 0. The van der Waals surface area contributed by atoms with Gasteiger partial charge in [-0.3, -0.25) is 9.59 Å². The van der Waals surface area contributed by atoms with E-state index in [4.69, 9.17) is 0 Å². The van der Waals surface area contributed by atoms with Crippen molar-refractivity contribution in [3.63, 3.8) is 0 Å². The molecule has 0 aliphatic rings. The van der Waals surface area contributed by atoms with Crippen molar-refractivity contribution in [1.29, 1.82) is 0 Å². The molecule has 0 fully saturated rings. The van der Waals surface area contributed by atoms with Gasteiger partial charge < -0.3 is 20.0 Å². The monoisotopic (exact) mass is 252 g/mol. The molecule has 6 nitrogen and oxygen atoms in total. The molecule has 1 aromatic carbocycles. The predicted molar refractivity (Wildman–Crippen MR) is 65.4 cm³/mol. The van der Waals surface area contributed by atoms with Crippen molar-refractivity contribution in [3.05, 3.63) is 23.8 Å². The first-order valence-electron chi connectivity index (χ1n) is 5.30. The summed E-state index contributed by atoms with van der Waals surface area (Å²) in [5.74, 6) is -1.12. The van der Waals surface area contributed by atoms with Crippen molar-refractivity contribution in [2.45, 2.75) is 0 Å². The van der Waals surface area contributed by atoms with Crippen molar-refractivity contribution in [1.82, 2.24) is 9.80 Å². The number of rotatable bonds is 3. The fourth-order valence-corrected chi connectivity index (χ4v) is 1.32. The molecule has 2 amide bonds. The number of phenols is 2. The smallest absolute Gasteiger partial charge is 0.257 e. The zero-order valence-electron chi connectivity index (χ0n) is 10.5. The molecule has 0 aliphatic heterocycles. The van der Waals surface area contributed by atoms with Crippen LogP contribution in [0.3, 0.4) is 0 Å². The van der Waals surface area contributed by atoms with E-state index in [-0.39, 0.29) is 29.5 Å². The van der Waals surface area contributed by atoms with Crippen LogP contribution in [-0.4, -0.2) is 59.5 Å². The highest BCUT2D eigenvalue weighted by molar-refractivity contribution is 5.98. The number of likely N-dealkylation sites (N-methyl/N-ethyl adjacent to an activating group) is 2. The van der Waals surface area contributed by atoms with Crippen LogP contribution >= 0.6 is 0 Å². The topological polar surface area (TPSA) is 81.1 Å². The third kappa shape index (κ3) is 3.13. The second kappa shape index (κ2) is 5.39. The summed E-state index contributed by atoms with van der Waals surface area (Å²) in [5.41, 5.74) is -0.0379. The summed E-state index contributed by atoms with van der Waals surface area (Å²) in [6, 6.07) is 3.66. The Labute approximate surface area is 105 Å². The predicted octanol–water partition coefficient (Wildman–Crippen LogP) is 0.258. The molecule has 0 heterocycles. The quantitative estimate of drug-likeness (QED) is 0.756. The minimum Gasteiger partial charge on any atom is -0.508 e. The number of aromatic hydroxyl groups is 2. The maximum Gasteiger partial charge on any atom is 0.257 e. The Morgan fingerprint density at radius 2 is 1.78 bits per heavy atom. The van der Waals surface area contributed by atoms with Crippen LogP contribution in [0.4, 0.5) is 0 Å². The number of carbonyl (C=O) groups is 2. The molecular formula is C12H16N2O4. The molecule has 0 radical (unpaired) electrons. The van der Waals surface area contributed by atoms with Crippen molar-refractivity contribution >= 4 is 11.8 Å². The Balaban J connectivity index is 2.87. The normalized spacial score (nSPS) is 9.94. The van der Waals surface area contributed by atoms with Gasteiger partial charge >= 0.3 is 0 Å². The second-order valence-corrected chi connectivity index (χ2v) is 4.15. The highest BCUT2D eigenvalue weighted by Gasteiger charge is 2.19. The molecule has 0 aromatic heterocycles. The molecule has 18 heavy (non-hydrogen) atoms. The van der Waals surface area contributed by atoms with Gasteiger partial charge in [-0.1, -0.05) is 0 Å². The zero-order valence-corrected chi connectivity index (χ0v) is 10.5. The summed E-state index contributed by atoms with van der Waals surface area (Å²) < 4.78 is 0. The van der Waals surface area contributed by atoms with Crippen LogP contribution in [0.5, 0.6) is 11.5 Å². The summed E-state index contributed by atoms with van der Waals surface area (Å²) in [5, 5.41) is 18.8. The molecule has 0 saturated heterocycles. The van der Waals surface area contributed by atoms with Gasteiger partial charge in [0.2, 0.25) is 5.91 Å². The fraction of sp³-hybridized carbons (Fsp3) is 0.333. The van der Waals surface area contributed by atoms with Gasteiger partial charge in [0.1, 0.15) is 11.5 Å². The van der Waals surface area contributed by atoms with E-state index >= 15 is 0 Å². The largest absolute Gasteiger partial charge is 0.508 e. The number of phenolic OH excluding ortho intramolecular Hbond substituents is 2. The van der Waals surface area contributed by atoms with E-state index < -0.39 is 5.91 Å².